The number of anilines is 1. The number of hydrazine groups is 1. The maximum Gasteiger partial charge on any atom is 0.142 e. The molecule has 1 saturated heterocycles. The molecule has 0 N–H and O–H groups in total. The Morgan fingerprint density at radius 1 is 0.323 bits per heavy atom. The van der Waals surface area contributed by atoms with E-state index >= 15 is 0 Å². The van der Waals surface area contributed by atoms with Crippen LogP contribution in [0.1, 0.15) is 28.9 Å². The summed E-state index contributed by atoms with van der Waals surface area (Å²) in [7, 11) is 0. The van der Waals surface area contributed by atoms with Crippen LogP contribution in [0.15, 0.2) is 237 Å². The minimum absolute atomic E-state index is 0.104. The summed E-state index contributed by atoms with van der Waals surface area (Å²) in [6, 6.07) is 87.5. The normalized spacial score (nSPS) is 16.4. The molecule has 0 saturated carbocycles. The van der Waals surface area contributed by atoms with Gasteiger partial charge in [0.2, 0.25) is 0 Å². The fourth-order valence-electron chi connectivity index (χ4n) is 11.2. The Bertz CT molecular complexity index is 3850. The molecule has 3 atom stereocenters. The van der Waals surface area contributed by atoms with Crippen LogP contribution in [0.5, 0.6) is 0 Å². The monoisotopic (exact) mass is 827 g/mol. The van der Waals surface area contributed by atoms with Crippen LogP contribution in [0.2, 0.25) is 0 Å². The van der Waals surface area contributed by atoms with Gasteiger partial charge in [-0.1, -0.05) is 206 Å². The van der Waals surface area contributed by atoms with Gasteiger partial charge in [-0.25, -0.2) is 0 Å². The van der Waals surface area contributed by atoms with Crippen molar-refractivity contribution in [1.29, 1.82) is 0 Å². The van der Waals surface area contributed by atoms with Crippen molar-refractivity contribution >= 4 is 59.8 Å². The number of hydrogen-bond donors (Lipinski definition) is 0. The van der Waals surface area contributed by atoms with Gasteiger partial charge in [-0.15, -0.1) is 0 Å². The summed E-state index contributed by atoms with van der Waals surface area (Å²) in [5.74, 6) is 0. The number of nitrogens with zero attached hydrogens (tertiary/aromatic N) is 3. The second-order valence-corrected chi connectivity index (χ2v) is 17.6. The van der Waals surface area contributed by atoms with E-state index in [1.54, 1.807) is 0 Å². The number of rotatable bonds is 6. The van der Waals surface area contributed by atoms with Gasteiger partial charge in [-0.05, 0) is 96.2 Å². The van der Waals surface area contributed by atoms with Crippen molar-refractivity contribution in [3.05, 3.63) is 253 Å². The molecule has 2 aliphatic heterocycles. The predicted molar refractivity (Wildman–Crippen MR) is 271 cm³/mol. The molecule has 3 heteroatoms. The van der Waals surface area contributed by atoms with Crippen LogP contribution in [-0.4, -0.2) is 9.58 Å². The summed E-state index contributed by atoms with van der Waals surface area (Å²) >= 11 is 0. The summed E-state index contributed by atoms with van der Waals surface area (Å²) in [6.45, 7) is 0. The van der Waals surface area contributed by atoms with Gasteiger partial charge in [0.1, 0.15) is 6.17 Å². The van der Waals surface area contributed by atoms with E-state index in [1.165, 1.54) is 116 Å². The van der Waals surface area contributed by atoms with E-state index in [-0.39, 0.29) is 12.2 Å². The third-order valence-corrected chi connectivity index (χ3v) is 14.1. The molecule has 1 aromatic heterocycles. The van der Waals surface area contributed by atoms with Gasteiger partial charge >= 0.3 is 0 Å². The summed E-state index contributed by atoms with van der Waals surface area (Å²) in [4.78, 5) is 0. The molecule has 1 fully saturated rings. The van der Waals surface area contributed by atoms with Gasteiger partial charge in [0, 0.05) is 27.3 Å². The lowest BCUT2D eigenvalue weighted by atomic mass is 9.93. The summed E-state index contributed by atoms with van der Waals surface area (Å²) < 4.78 is 2.55. The number of aromatic nitrogens is 1. The molecule has 12 aromatic rings. The highest BCUT2D eigenvalue weighted by Gasteiger charge is 2.58. The number of benzene rings is 11. The summed E-state index contributed by atoms with van der Waals surface area (Å²) in [6.07, 6.45) is 0.104. The Labute approximate surface area is 377 Å². The lowest BCUT2D eigenvalue weighted by molar-refractivity contribution is 0.447. The van der Waals surface area contributed by atoms with Gasteiger partial charge in [0.15, 0.2) is 0 Å². The maximum absolute atomic E-state index is 2.59. The smallest absolute Gasteiger partial charge is 0.142 e. The highest BCUT2D eigenvalue weighted by molar-refractivity contribution is 6.30. The highest BCUT2D eigenvalue weighted by atomic mass is 15.9. The quantitative estimate of drug-likeness (QED) is 0.155. The van der Waals surface area contributed by atoms with Crippen LogP contribution >= 0.6 is 0 Å². The summed E-state index contributed by atoms with van der Waals surface area (Å²) in [5.41, 5.74) is 16.2. The van der Waals surface area contributed by atoms with Gasteiger partial charge < -0.3 is 4.57 Å². The molecule has 304 valence electrons. The minimum Gasteiger partial charge on any atom is -0.309 e. The molecule has 2 aliphatic rings. The SMILES string of the molecule is c1ccc(-c2cccc(-c3ccc(C4c5ccccc5N5C(c6cccc7c(-n8c9ccc%10ccccc%10c9c9c%10ccccc%10c(-c%10ccccc%10)cc98)cccc67)N45)cc3)c2)cc1. The van der Waals surface area contributed by atoms with E-state index in [0.717, 1.165) is 0 Å². The Hall–Kier alpha value is -8.24. The first-order valence-electron chi connectivity index (χ1n) is 22.7. The number of para-hydroxylation sites is 1. The Morgan fingerprint density at radius 3 is 1.71 bits per heavy atom. The van der Waals surface area contributed by atoms with Crippen LogP contribution in [-0.2, 0) is 0 Å². The first-order chi connectivity index (χ1) is 32.3. The van der Waals surface area contributed by atoms with E-state index in [0.29, 0.717) is 0 Å². The molecule has 3 heterocycles. The highest BCUT2D eigenvalue weighted by Crippen LogP contribution is 2.61. The Kier molecular flexibility index (Phi) is 7.89. The molecule has 0 aliphatic carbocycles. The van der Waals surface area contributed by atoms with Crippen LogP contribution in [0, 0.1) is 0 Å². The molecule has 3 unspecified atom stereocenters. The molecule has 3 nitrogen and oxygen atoms in total. The van der Waals surface area contributed by atoms with Gasteiger partial charge in [-0.3, -0.25) is 5.01 Å². The Morgan fingerprint density at radius 2 is 0.892 bits per heavy atom. The fraction of sp³-hybridized carbons (Fsp3) is 0.0323. The molecule has 0 amide bonds. The minimum atomic E-state index is 0.104. The lowest BCUT2D eigenvalue weighted by Gasteiger charge is -2.18. The van der Waals surface area contributed by atoms with Crippen LogP contribution in [0.3, 0.4) is 0 Å². The van der Waals surface area contributed by atoms with E-state index < -0.39 is 0 Å². The average molecular weight is 828 g/mol. The molecular formula is C62H41N3. The van der Waals surface area contributed by atoms with Crippen molar-refractivity contribution in [1.82, 2.24) is 9.58 Å². The second kappa shape index (κ2) is 14.1. The van der Waals surface area contributed by atoms with Crippen molar-refractivity contribution < 1.29 is 0 Å². The topological polar surface area (TPSA) is 10.9 Å². The standard InChI is InChI=1S/C62H41N3/c1-3-16-40(17-4-1)45-21-13-22-46(38-45)41-32-34-44(35-33-41)61-53-26-11-12-30-56(53)64-62(65(61)64)52-29-14-28-50-48(52)27-15-31-55(50)63-57-37-36-43-20-7-8-23-47(43)59(57)60-51-25-10-9-24-49(51)54(39-58(60)63)42-18-5-2-6-19-42/h1-39,61-62H. The van der Waals surface area contributed by atoms with Crippen molar-refractivity contribution in [3.63, 3.8) is 0 Å². The van der Waals surface area contributed by atoms with Gasteiger partial charge in [0.05, 0.1) is 28.5 Å². The van der Waals surface area contributed by atoms with Crippen molar-refractivity contribution in [2.75, 3.05) is 5.01 Å². The second-order valence-electron chi connectivity index (χ2n) is 17.6. The third-order valence-electron chi connectivity index (χ3n) is 14.1. The first kappa shape index (κ1) is 36.3. The van der Waals surface area contributed by atoms with Crippen molar-refractivity contribution in [3.8, 4) is 39.1 Å². The third kappa shape index (κ3) is 5.46. The van der Waals surface area contributed by atoms with Crippen molar-refractivity contribution in [2.45, 2.75) is 12.2 Å². The zero-order valence-electron chi connectivity index (χ0n) is 35.5. The number of hydrogen-bond acceptors (Lipinski definition) is 2. The zero-order valence-corrected chi connectivity index (χ0v) is 35.5. The largest absolute Gasteiger partial charge is 0.309 e. The van der Waals surface area contributed by atoms with E-state index in [1.807, 2.05) is 0 Å². The van der Waals surface area contributed by atoms with Gasteiger partial charge in [0.25, 0.3) is 0 Å². The molecular weight excluding hydrogens is 787 g/mol. The van der Waals surface area contributed by atoms with Gasteiger partial charge in [-0.2, -0.15) is 5.01 Å². The lowest BCUT2D eigenvalue weighted by Crippen LogP contribution is -2.10. The molecule has 0 bridgehead atoms. The Balaban J connectivity index is 0.917. The van der Waals surface area contributed by atoms with E-state index in [2.05, 4.69) is 251 Å². The first-order valence-corrected chi connectivity index (χ1v) is 22.7. The van der Waals surface area contributed by atoms with Crippen LogP contribution in [0.4, 0.5) is 5.69 Å². The predicted octanol–water partition coefficient (Wildman–Crippen LogP) is 16.1. The van der Waals surface area contributed by atoms with Crippen LogP contribution in [0.25, 0.3) is 93.2 Å². The van der Waals surface area contributed by atoms with Crippen molar-refractivity contribution in [2.24, 2.45) is 0 Å². The maximum atomic E-state index is 2.59. The van der Waals surface area contributed by atoms with E-state index in [4.69, 9.17) is 0 Å². The average Bonchev–Trinajstić information content (AvgIpc) is 3.86. The molecule has 14 rings (SSSR count). The summed E-state index contributed by atoms with van der Waals surface area (Å²) in [5, 5.41) is 15.3. The fourth-order valence-corrected chi connectivity index (χ4v) is 11.2. The number of fused-ring (bicyclic) bond motifs is 11. The molecule has 11 aromatic carbocycles. The molecule has 0 radical (unpaired) electrons. The molecule has 0 spiro atoms. The molecule has 65 heavy (non-hydrogen) atoms. The zero-order chi connectivity index (χ0) is 42.6. The van der Waals surface area contributed by atoms with E-state index in [9.17, 15) is 0 Å². The van der Waals surface area contributed by atoms with Crippen LogP contribution < -0.4 is 5.01 Å².